The lowest BCUT2D eigenvalue weighted by Gasteiger charge is -2.35. The summed E-state index contributed by atoms with van der Waals surface area (Å²) in [6.45, 7) is 8.31. The van der Waals surface area contributed by atoms with Crippen LogP contribution in [0.15, 0.2) is 0 Å². The van der Waals surface area contributed by atoms with Crippen molar-refractivity contribution in [3.63, 3.8) is 0 Å². The predicted molar refractivity (Wildman–Crippen MR) is 72.1 cm³/mol. The third kappa shape index (κ3) is 4.24. The molecular weight excluding hydrogens is 260 g/mol. The third-order valence-electron chi connectivity index (χ3n) is 3.35. The number of morpholine rings is 1. The number of ether oxygens (including phenoxy) is 1. The van der Waals surface area contributed by atoms with Crippen molar-refractivity contribution in [2.45, 2.75) is 26.3 Å². The van der Waals surface area contributed by atoms with E-state index in [4.69, 9.17) is 4.74 Å². The number of aromatic amines is 1. The maximum absolute atomic E-state index is 11.8. The minimum Gasteiger partial charge on any atom is -0.379 e. The Labute approximate surface area is 118 Å². The van der Waals surface area contributed by atoms with Crippen LogP contribution in [0.2, 0.25) is 0 Å². The highest BCUT2D eigenvalue weighted by Crippen LogP contribution is 2.13. The highest BCUT2D eigenvalue weighted by atomic mass is 16.5. The molecule has 2 rings (SSSR count). The number of amides is 1. The van der Waals surface area contributed by atoms with E-state index in [1.165, 1.54) is 0 Å². The lowest BCUT2D eigenvalue weighted by atomic mass is 10.0. The molecule has 8 nitrogen and oxygen atoms in total. The van der Waals surface area contributed by atoms with Crippen LogP contribution in [0.1, 0.15) is 30.9 Å². The van der Waals surface area contributed by atoms with Crippen LogP contribution in [0.25, 0.3) is 0 Å². The zero-order valence-electron chi connectivity index (χ0n) is 12.0. The number of hydrogen-bond donors (Lipinski definition) is 2. The van der Waals surface area contributed by atoms with E-state index < -0.39 is 0 Å². The van der Waals surface area contributed by atoms with Gasteiger partial charge >= 0.3 is 0 Å². The molecule has 1 atom stereocenters. The van der Waals surface area contributed by atoms with E-state index in [-0.39, 0.29) is 11.7 Å². The molecule has 1 unspecified atom stereocenters. The van der Waals surface area contributed by atoms with Gasteiger partial charge in [-0.2, -0.15) is 5.21 Å². The van der Waals surface area contributed by atoms with Crippen molar-refractivity contribution in [3.05, 3.63) is 5.82 Å². The van der Waals surface area contributed by atoms with E-state index in [1.54, 1.807) is 0 Å². The van der Waals surface area contributed by atoms with Crippen LogP contribution in [0.3, 0.4) is 0 Å². The molecule has 1 saturated heterocycles. The number of nitrogens with one attached hydrogen (secondary N) is 2. The van der Waals surface area contributed by atoms with Crippen LogP contribution in [0.5, 0.6) is 0 Å². The average Bonchev–Trinajstić information content (AvgIpc) is 2.98. The minimum atomic E-state index is -0.291. The van der Waals surface area contributed by atoms with Crippen LogP contribution in [-0.4, -0.2) is 70.3 Å². The maximum atomic E-state index is 11.8. The van der Waals surface area contributed by atoms with Crippen molar-refractivity contribution < 1.29 is 9.53 Å². The van der Waals surface area contributed by atoms with Crippen LogP contribution in [0.4, 0.5) is 0 Å². The highest BCUT2D eigenvalue weighted by Gasteiger charge is 2.23. The highest BCUT2D eigenvalue weighted by molar-refractivity contribution is 5.90. The van der Waals surface area contributed by atoms with Gasteiger partial charge < -0.3 is 10.1 Å². The Morgan fingerprint density at radius 1 is 1.45 bits per heavy atom. The van der Waals surface area contributed by atoms with Gasteiger partial charge in [-0.3, -0.25) is 9.69 Å². The molecule has 112 valence electrons. The summed E-state index contributed by atoms with van der Waals surface area (Å²) in [4.78, 5) is 14.2. The second-order valence-electron chi connectivity index (χ2n) is 5.38. The van der Waals surface area contributed by atoms with Gasteiger partial charge in [-0.05, 0) is 17.6 Å². The normalized spacial score (nSPS) is 18.1. The Morgan fingerprint density at radius 3 is 2.80 bits per heavy atom. The Bertz CT molecular complexity index is 402. The van der Waals surface area contributed by atoms with Crippen LogP contribution in [0, 0.1) is 5.92 Å². The predicted octanol–water partition coefficient (Wildman–Crippen LogP) is -0.324. The molecule has 20 heavy (non-hydrogen) atoms. The molecule has 1 aromatic heterocycles. The van der Waals surface area contributed by atoms with Crippen molar-refractivity contribution in [2.24, 2.45) is 5.92 Å². The van der Waals surface area contributed by atoms with E-state index in [0.717, 1.165) is 32.7 Å². The lowest BCUT2D eigenvalue weighted by Crippen LogP contribution is -2.49. The molecule has 8 heteroatoms. The monoisotopic (exact) mass is 282 g/mol. The topological polar surface area (TPSA) is 96.0 Å². The van der Waals surface area contributed by atoms with Gasteiger partial charge in [0.15, 0.2) is 0 Å². The molecule has 1 aliphatic heterocycles. The molecule has 0 spiro atoms. The molecule has 1 fully saturated rings. The maximum Gasteiger partial charge on any atom is 0.292 e. The first-order valence-corrected chi connectivity index (χ1v) is 7.00. The quantitative estimate of drug-likeness (QED) is 0.742. The minimum absolute atomic E-state index is 0.0790. The summed E-state index contributed by atoms with van der Waals surface area (Å²) in [6, 6.07) is 0.315. The first-order chi connectivity index (χ1) is 9.66. The summed E-state index contributed by atoms with van der Waals surface area (Å²) in [7, 11) is 0. The van der Waals surface area contributed by atoms with Gasteiger partial charge in [-0.15, -0.1) is 10.2 Å². The summed E-state index contributed by atoms with van der Waals surface area (Å²) in [6.07, 6.45) is 1.03. The second-order valence-corrected chi connectivity index (χ2v) is 5.38. The fourth-order valence-electron chi connectivity index (χ4n) is 2.40. The number of carbonyl (C=O) groups is 1. The summed E-state index contributed by atoms with van der Waals surface area (Å²) in [5, 5.41) is 15.9. The van der Waals surface area contributed by atoms with E-state index >= 15 is 0 Å². The molecular formula is C12H22N6O2. The van der Waals surface area contributed by atoms with Gasteiger partial charge in [-0.1, -0.05) is 13.8 Å². The molecule has 0 radical (unpaired) electrons. The smallest absolute Gasteiger partial charge is 0.292 e. The van der Waals surface area contributed by atoms with E-state index in [1.807, 2.05) is 0 Å². The molecule has 0 aliphatic carbocycles. The standard InChI is InChI=1S/C12H22N6O2/c1-9(2)7-10(18-3-5-20-6-4-18)8-13-12(19)11-14-16-17-15-11/h9-10H,3-8H2,1-2H3,(H,13,19)(H,14,15,16,17). The summed E-state index contributed by atoms with van der Waals surface area (Å²) < 4.78 is 5.38. The second kappa shape index (κ2) is 7.30. The van der Waals surface area contributed by atoms with Crippen LogP contribution >= 0.6 is 0 Å². The zero-order chi connectivity index (χ0) is 14.4. The van der Waals surface area contributed by atoms with Crippen molar-refractivity contribution in [1.29, 1.82) is 0 Å². The molecule has 2 heterocycles. The Hall–Kier alpha value is -1.54. The van der Waals surface area contributed by atoms with Gasteiger partial charge in [0.2, 0.25) is 0 Å². The number of tetrazole rings is 1. The van der Waals surface area contributed by atoms with Gasteiger partial charge in [-0.25, -0.2) is 0 Å². The first-order valence-electron chi connectivity index (χ1n) is 7.00. The largest absolute Gasteiger partial charge is 0.379 e. The first kappa shape index (κ1) is 14.9. The Balaban J connectivity index is 1.88. The van der Waals surface area contributed by atoms with E-state index in [2.05, 4.69) is 44.7 Å². The molecule has 0 saturated carbocycles. The number of carbonyl (C=O) groups excluding carboxylic acids is 1. The van der Waals surface area contributed by atoms with Gasteiger partial charge in [0.1, 0.15) is 0 Å². The SMILES string of the molecule is CC(C)CC(CNC(=O)c1nn[nH]n1)N1CCOCC1. The Kier molecular flexibility index (Phi) is 5.42. The number of aromatic nitrogens is 4. The van der Waals surface area contributed by atoms with E-state index in [9.17, 15) is 4.79 Å². The van der Waals surface area contributed by atoms with Gasteiger partial charge in [0.25, 0.3) is 11.7 Å². The van der Waals surface area contributed by atoms with Crippen LogP contribution in [-0.2, 0) is 4.74 Å². The molecule has 2 N–H and O–H groups in total. The lowest BCUT2D eigenvalue weighted by molar-refractivity contribution is 0.0124. The number of nitrogens with zero attached hydrogens (tertiary/aromatic N) is 4. The van der Waals surface area contributed by atoms with Crippen molar-refractivity contribution in [3.8, 4) is 0 Å². The average molecular weight is 282 g/mol. The van der Waals surface area contributed by atoms with Gasteiger partial charge in [0, 0.05) is 25.7 Å². The van der Waals surface area contributed by atoms with E-state index in [0.29, 0.717) is 18.5 Å². The fraction of sp³-hybridized carbons (Fsp3) is 0.833. The zero-order valence-corrected chi connectivity index (χ0v) is 12.0. The molecule has 0 bridgehead atoms. The van der Waals surface area contributed by atoms with Crippen molar-refractivity contribution >= 4 is 5.91 Å². The summed E-state index contributed by atoms with van der Waals surface area (Å²) in [5.74, 6) is 0.362. The van der Waals surface area contributed by atoms with Crippen molar-refractivity contribution in [1.82, 2.24) is 30.8 Å². The Morgan fingerprint density at radius 2 is 2.20 bits per heavy atom. The van der Waals surface area contributed by atoms with Gasteiger partial charge in [0.05, 0.1) is 13.2 Å². The summed E-state index contributed by atoms with van der Waals surface area (Å²) >= 11 is 0. The third-order valence-corrected chi connectivity index (χ3v) is 3.35. The number of H-pyrrole nitrogens is 1. The number of rotatable bonds is 6. The molecule has 1 amide bonds. The molecule has 1 aromatic rings. The summed E-state index contributed by atoms with van der Waals surface area (Å²) in [5.41, 5.74) is 0. The number of hydrogen-bond acceptors (Lipinski definition) is 6. The molecule has 1 aliphatic rings. The van der Waals surface area contributed by atoms with Crippen LogP contribution < -0.4 is 5.32 Å². The van der Waals surface area contributed by atoms with Crippen molar-refractivity contribution in [2.75, 3.05) is 32.8 Å². The molecule has 0 aromatic carbocycles. The fourth-order valence-corrected chi connectivity index (χ4v) is 2.40.